The number of ether oxygens (including phenoxy) is 3. The molecule has 0 radical (unpaired) electrons. The summed E-state index contributed by atoms with van der Waals surface area (Å²) in [4.78, 5) is 26.6. The van der Waals surface area contributed by atoms with Gasteiger partial charge in [0.1, 0.15) is 19.0 Å². The Morgan fingerprint density at radius 1 is 1.23 bits per heavy atom. The monoisotopic (exact) mass is 446 g/mol. The first-order valence-corrected chi connectivity index (χ1v) is 9.87. The molecule has 9 heteroatoms. The van der Waals surface area contributed by atoms with Gasteiger partial charge >= 0.3 is 12.0 Å². The molecule has 1 atom stereocenters. The van der Waals surface area contributed by atoms with Crippen LogP contribution in [0.2, 0.25) is 5.02 Å². The maximum Gasteiger partial charge on any atom is 0.338 e. The first-order chi connectivity index (χ1) is 14.8. The lowest BCUT2D eigenvalue weighted by atomic mass is 9.94. The number of urea groups is 1. The van der Waals surface area contributed by atoms with Crippen LogP contribution in [0.5, 0.6) is 17.2 Å². The molecular formula is C22H23ClN2O6. The Balaban J connectivity index is 1.81. The molecule has 0 aliphatic carbocycles. The highest BCUT2D eigenvalue weighted by Crippen LogP contribution is 2.39. The third-order valence-corrected chi connectivity index (χ3v) is 5.19. The zero-order chi connectivity index (χ0) is 22.5. The zero-order valence-electron chi connectivity index (χ0n) is 17.3. The van der Waals surface area contributed by atoms with Crippen LogP contribution in [0.1, 0.15) is 18.5 Å². The number of carbonyl (C=O) groups is 2. The van der Waals surface area contributed by atoms with E-state index in [0.717, 1.165) is 0 Å². The van der Waals surface area contributed by atoms with Gasteiger partial charge in [-0.1, -0.05) is 29.8 Å². The number of phenolic OH excluding ortho intramolecular Hbond substituents is 1. The molecule has 2 aromatic carbocycles. The number of hydrogen-bond acceptors (Lipinski definition) is 6. The molecule has 164 valence electrons. The van der Waals surface area contributed by atoms with Crippen molar-refractivity contribution < 1.29 is 28.9 Å². The van der Waals surface area contributed by atoms with Gasteiger partial charge in [0.25, 0.3) is 0 Å². The number of amides is 2. The molecule has 2 amide bonds. The molecule has 0 saturated heterocycles. The number of nitrogens with one attached hydrogen (secondary N) is 1. The highest BCUT2D eigenvalue weighted by Gasteiger charge is 2.35. The van der Waals surface area contributed by atoms with E-state index in [1.54, 1.807) is 26.1 Å². The van der Waals surface area contributed by atoms with Crippen molar-refractivity contribution in [2.45, 2.75) is 13.0 Å². The van der Waals surface area contributed by atoms with E-state index >= 15 is 0 Å². The number of hydrogen-bond donors (Lipinski definition) is 2. The lowest BCUT2D eigenvalue weighted by Crippen LogP contribution is -2.46. The van der Waals surface area contributed by atoms with E-state index in [9.17, 15) is 14.7 Å². The van der Waals surface area contributed by atoms with Crippen molar-refractivity contribution in [3.63, 3.8) is 0 Å². The van der Waals surface area contributed by atoms with Crippen LogP contribution in [-0.4, -0.2) is 49.4 Å². The maximum atomic E-state index is 12.9. The average molecular weight is 447 g/mol. The van der Waals surface area contributed by atoms with Gasteiger partial charge in [0, 0.05) is 12.7 Å². The van der Waals surface area contributed by atoms with Crippen LogP contribution >= 0.6 is 11.6 Å². The quantitative estimate of drug-likeness (QED) is 0.497. The van der Waals surface area contributed by atoms with Crippen LogP contribution in [0, 0.1) is 0 Å². The van der Waals surface area contributed by atoms with E-state index in [1.165, 1.54) is 24.1 Å². The number of esters is 1. The van der Waals surface area contributed by atoms with Crippen molar-refractivity contribution in [2.24, 2.45) is 0 Å². The predicted molar refractivity (Wildman–Crippen MR) is 114 cm³/mol. The lowest BCUT2D eigenvalue weighted by molar-refractivity contribution is -0.140. The molecule has 0 saturated carbocycles. The van der Waals surface area contributed by atoms with Gasteiger partial charge in [-0.3, -0.25) is 0 Å². The smallest absolute Gasteiger partial charge is 0.338 e. The molecule has 2 N–H and O–H groups in total. The van der Waals surface area contributed by atoms with E-state index in [4.69, 9.17) is 25.8 Å². The highest BCUT2D eigenvalue weighted by atomic mass is 35.5. The van der Waals surface area contributed by atoms with Gasteiger partial charge in [0.15, 0.2) is 11.5 Å². The Labute approximate surface area is 185 Å². The van der Waals surface area contributed by atoms with E-state index in [-0.39, 0.29) is 35.3 Å². The topological polar surface area (TPSA) is 97.3 Å². The van der Waals surface area contributed by atoms with Crippen molar-refractivity contribution in [3.8, 4) is 17.2 Å². The first kappa shape index (κ1) is 22.3. The van der Waals surface area contributed by atoms with E-state index < -0.39 is 18.0 Å². The minimum absolute atomic E-state index is 0.0224. The number of carbonyl (C=O) groups excluding carboxylic acids is 2. The normalized spacial score (nSPS) is 16.1. The second-order valence-electron chi connectivity index (χ2n) is 6.79. The summed E-state index contributed by atoms with van der Waals surface area (Å²) < 4.78 is 16.1. The van der Waals surface area contributed by atoms with E-state index in [0.29, 0.717) is 17.0 Å². The number of phenols is 1. The second-order valence-corrected chi connectivity index (χ2v) is 7.20. The standard InChI is InChI=1S/C22H23ClN2O6/c1-13-18(21(27)31-10-9-30-15-7-5-4-6-8-15)19(24-22(28)25(13)2)14-11-16(23)20(26)17(12-14)29-3/h4-8,11-12,19,26H,9-10H2,1-3H3,(H,24,28). The van der Waals surface area contributed by atoms with Crippen molar-refractivity contribution in [1.29, 1.82) is 0 Å². The molecule has 1 aliphatic rings. The summed E-state index contributed by atoms with van der Waals surface area (Å²) in [5.41, 5.74) is 1.14. The summed E-state index contributed by atoms with van der Waals surface area (Å²) in [5.74, 6) is -0.0381. The molecule has 1 aliphatic heterocycles. The largest absolute Gasteiger partial charge is 0.503 e. The summed E-state index contributed by atoms with van der Waals surface area (Å²) >= 11 is 6.10. The minimum atomic E-state index is -0.835. The van der Waals surface area contributed by atoms with Crippen LogP contribution in [0.25, 0.3) is 0 Å². The molecule has 1 unspecified atom stereocenters. The number of allylic oxidation sites excluding steroid dienone is 1. The van der Waals surface area contributed by atoms with Crippen molar-refractivity contribution in [1.82, 2.24) is 10.2 Å². The third kappa shape index (κ3) is 4.86. The minimum Gasteiger partial charge on any atom is -0.503 e. The van der Waals surface area contributed by atoms with Crippen LogP contribution in [0.3, 0.4) is 0 Å². The Bertz CT molecular complexity index is 1010. The molecule has 3 rings (SSSR count). The molecule has 2 aromatic rings. The lowest BCUT2D eigenvalue weighted by Gasteiger charge is -2.33. The number of rotatable bonds is 7. The van der Waals surface area contributed by atoms with Gasteiger partial charge in [0.05, 0.1) is 23.7 Å². The zero-order valence-corrected chi connectivity index (χ0v) is 18.1. The van der Waals surface area contributed by atoms with Gasteiger partial charge in [-0.25, -0.2) is 9.59 Å². The first-order valence-electron chi connectivity index (χ1n) is 9.49. The third-order valence-electron chi connectivity index (χ3n) is 4.91. The summed E-state index contributed by atoms with van der Waals surface area (Å²) in [6, 6.07) is 10.9. The van der Waals surface area contributed by atoms with Crippen molar-refractivity contribution in [3.05, 3.63) is 64.3 Å². The Hall–Kier alpha value is -3.39. The number of halogens is 1. The Morgan fingerprint density at radius 3 is 2.61 bits per heavy atom. The molecular weight excluding hydrogens is 424 g/mol. The van der Waals surface area contributed by atoms with Gasteiger partial charge in [-0.05, 0) is 36.8 Å². The SMILES string of the molecule is COc1cc(C2NC(=O)N(C)C(C)=C2C(=O)OCCOc2ccccc2)cc(Cl)c1O. The number of nitrogens with zero attached hydrogens (tertiary/aromatic N) is 1. The summed E-state index contributed by atoms with van der Waals surface area (Å²) in [6.07, 6.45) is 0. The van der Waals surface area contributed by atoms with Crippen molar-refractivity contribution >= 4 is 23.6 Å². The number of methoxy groups -OCH3 is 1. The van der Waals surface area contributed by atoms with Crippen LogP contribution in [0.15, 0.2) is 53.7 Å². The second kappa shape index (κ2) is 9.61. The predicted octanol–water partition coefficient (Wildman–Crippen LogP) is 3.65. The fourth-order valence-corrected chi connectivity index (χ4v) is 3.37. The van der Waals surface area contributed by atoms with Crippen molar-refractivity contribution in [2.75, 3.05) is 27.4 Å². The van der Waals surface area contributed by atoms with Gasteiger partial charge in [-0.15, -0.1) is 0 Å². The number of para-hydroxylation sites is 1. The Morgan fingerprint density at radius 2 is 1.94 bits per heavy atom. The molecule has 0 spiro atoms. The van der Waals surface area contributed by atoms with Gasteiger partial charge < -0.3 is 29.5 Å². The maximum absolute atomic E-state index is 12.9. The van der Waals surface area contributed by atoms with Crippen LogP contribution in [-0.2, 0) is 9.53 Å². The molecule has 0 fully saturated rings. The molecule has 8 nitrogen and oxygen atoms in total. The van der Waals surface area contributed by atoms with Gasteiger partial charge in [-0.2, -0.15) is 0 Å². The molecule has 31 heavy (non-hydrogen) atoms. The average Bonchev–Trinajstić information content (AvgIpc) is 2.77. The summed E-state index contributed by atoms with van der Waals surface area (Å²) in [6.45, 7) is 1.85. The summed E-state index contributed by atoms with van der Waals surface area (Å²) in [5, 5.41) is 12.8. The number of aromatic hydroxyl groups is 1. The highest BCUT2D eigenvalue weighted by molar-refractivity contribution is 6.32. The van der Waals surface area contributed by atoms with E-state index in [1.807, 2.05) is 18.2 Å². The summed E-state index contributed by atoms with van der Waals surface area (Å²) in [7, 11) is 2.93. The van der Waals surface area contributed by atoms with Crippen LogP contribution < -0.4 is 14.8 Å². The fourth-order valence-electron chi connectivity index (χ4n) is 3.15. The molecule has 0 aromatic heterocycles. The number of benzene rings is 2. The van der Waals surface area contributed by atoms with E-state index in [2.05, 4.69) is 5.32 Å². The van der Waals surface area contributed by atoms with Crippen LogP contribution in [0.4, 0.5) is 4.79 Å². The van der Waals surface area contributed by atoms with Gasteiger partial charge in [0.2, 0.25) is 0 Å². The Kier molecular flexibility index (Phi) is 6.91. The fraction of sp³-hybridized carbons (Fsp3) is 0.273. The molecule has 0 bridgehead atoms. The molecule has 1 heterocycles.